The Labute approximate surface area is 86.7 Å². The van der Waals surface area contributed by atoms with Crippen LogP contribution < -0.4 is 5.32 Å². The maximum atomic E-state index is 3.43. The molecule has 14 heavy (non-hydrogen) atoms. The van der Waals surface area contributed by atoms with Gasteiger partial charge in [-0.1, -0.05) is 24.3 Å². The Morgan fingerprint density at radius 3 is 2.86 bits per heavy atom. The third-order valence-electron chi connectivity index (χ3n) is 2.34. The van der Waals surface area contributed by atoms with Crippen LogP contribution in [-0.2, 0) is 0 Å². The molecule has 0 atom stereocenters. The van der Waals surface area contributed by atoms with Gasteiger partial charge in [0.15, 0.2) is 0 Å². The second-order valence-corrected chi connectivity index (χ2v) is 4.19. The summed E-state index contributed by atoms with van der Waals surface area (Å²) in [4.78, 5) is 1.29. The molecular weight excluding hydrogens is 190 g/mol. The van der Waals surface area contributed by atoms with Crippen molar-refractivity contribution in [3.8, 4) is 0 Å². The molecule has 2 aromatic rings. The first-order valence-electron chi connectivity index (χ1n) is 4.55. The summed E-state index contributed by atoms with van der Waals surface area (Å²) in [7, 11) is 0. The zero-order chi connectivity index (χ0) is 9.38. The monoisotopic (exact) mass is 199 g/mol. The van der Waals surface area contributed by atoms with Crippen molar-refractivity contribution in [1.29, 1.82) is 0 Å². The van der Waals surface area contributed by atoms with Gasteiger partial charge >= 0.3 is 0 Å². The highest BCUT2D eigenvalue weighted by atomic mass is 32.1. The van der Waals surface area contributed by atoms with E-state index in [-0.39, 0.29) is 0 Å². The number of para-hydroxylation sites is 1. The van der Waals surface area contributed by atoms with Gasteiger partial charge in [-0.25, -0.2) is 0 Å². The molecule has 1 N–H and O–H groups in total. The summed E-state index contributed by atoms with van der Waals surface area (Å²) < 4.78 is 0. The molecule has 0 radical (unpaired) electrons. The fraction of sp³-hybridized carbons (Fsp3) is 0. The number of nitrogens with one attached hydrogen (secondary N) is 1. The minimum Gasteiger partial charge on any atom is -0.354 e. The lowest BCUT2D eigenvalue weighted by molar-refractivity contribution is 1.57. The van der Waals surface area contributed by atoms with E-state index in [1.807, 2.05) is 0 Å². The third-order valence-corrected chi connectivity index (χ3v) is 3.22. The number of fused-ring (bicyclic) bond motifs is 2. The molecule has 3 rings (SSSR count). The van der Waals surface area contributed by atoms with Crippen LogP contribution in [0, 0.1) is 0 Å². The molecule has 2 heteroatoms. The second-order valence-electron chi connectivity index (χ2n) is 3.24. The van der Waals surface area contributed by atoms with Crippen LogP contribution in [0.25, 0.3) is 12.2 Å². The van der Waals surface area contributed by atoms with E-state index in [1.54, 1.807) is 11.3 Å². The van der Waals surface area contributed by atoms with E-state index in [1.165, 1.54) is 21.8 Å². The van der Waals surface area contributed by atoms with Crippen LogP contribution in [0.3, 0.4) is 0 Å². The first-order chi connectivity index (χ1) is 6.93. The van der Waals surface area contributed by atoms with Crippen LogP contribution in [0.5, 0.6) is 0 Å². The van der Waals surface area contributed by atoms with Crippen molar-refractivity contribution in [3.05, 3.63) is 46.2 Å². The Morgan fingerprint density at radius 2 is 1.86 bits per heavy atom. The molecule has 0 bridgehead atoms. The van der Waals surface area contributed by atoms with Crippen LogP contribution >= 0.6 is 11.3 Å². The van der Waals surface area contributed by atoms with Crippen molar-refractivity contribution in [2.75, 3.05) is 5.32 Å². The van der Waals surface area contributed by atoms with E-state index in [4.69, 9.17) is 0 Å². The third kappa shape index (κ3) is 1.16. The number of hydrogen-bond donors (Lipinski definition) is 1. The van der Waals surface area contributed by atoms with E-state index >= 15 is 0 Å². The molecule has 68 valence electrons. The Kier molecular flexibility index (Phi) is 1.67. The lowest BCUT2D eigenvalue weighted by Crippen LogP contribution is -1.89. The normalized spacial score (nSPS) is 12.6. The highest BCUT2D eigenvalue weighted by molar-refractivity contribution is 7.11. The summed E-state index contributed by atoms with van der Waals surface area (Å²) in [5.74, 6) is 0. The topological polar surface area (TPSA) is 12.0 Å². The molecule has 0 spiro atoms. The van der Waals surface area contributed by atoms with Gasteiger partial charge in [0.1, 0.15) is 0 Å². The summed E-state index contributed by atoms with van der Waals surface area (Å²) in [6, 6.07) is 10.5. The first-order valence-corrected chi connectivity index (χ1v) is 5.43. The van der Waals surface area contributed by atoms with Gasteiger partial charge in [-0.05, 0) is 29.2 Å². The van der Waals surface area contributed by atoms with Crippen LogP contribution in [0.1, 0.15) is 10.4 Å². The number of benzene rings is 1. The average Bonchev–Trinajstić information content (AvgIpc) is 2.58. The maximum absolute atomic E-state index is 3.43. The molecule has 0 saturated heterocycles. The van der Waals surface area contributed by atoms with Crippen molar-refractivity contribution in [2.24, 2.45) is 0 Å². The van der Waals surface area contributed by atoms with Gasteiger partial charge < -0.3 is 5.32 Å². The largest absolute Gasteiger partial charge is 0.354 e. The van der Waals surface area contributed by atoms with E-state index in [2.05, 4.69) is 53.2 Å². The standard InChI is InChI=1S/C12H9NS/c1-2-4-10-9(3-1)5-6-12-11(13-10)7-8-14-12/h1-8,13H. The molecule has 0 aliphatic carbocycles. The summed E-state index contributed by atoms with van der Waals surface area (Å²) in [6.07, 6.45) is 4.32. The number of thiophene rings is 1. The maximum Gasteiger partial charge on any atom is 0.0567 e. The molecule has 1 aliphatic heterocycles. The van der Waals surface area contributed by atoms with Crippen LogP contribution in [0.15, 0.2) is 35.7 Å². The van der Waals surface area contributed by atoms with Crippen molar-refractivity contribution in [3.63, 3.8) is 0 Å². The van der Waals surface area contributed by atoms with Gasteiger partial charge in [0.25, 0.3) is 0 Å². The van der Waals surface area contributed by atoms with Crippen LogP contribution in [-0.4, -0.2) is 0 Å². The predicted molar refractivity (Wildman–Crippen MR) is 63.0 cm³/mol. The number of anilines is 2. The fourth-order valence-electron chi connectivity index (χ4n) is 1.62. The van der Waals surface area contributed by atoms with Gasteiger partial charge in [-0.3, -0.25) is 0 Å². The molecular formula is C12H9NS. The van der Waals surface area contributed by atoms with Gasteiger partial charge in [0.05, 0.1) is 10.6 Å². The Balaban J connectivity index is 2.19. The molecule has 1 aromatic heterocycles. The minimum atomic E-state index is 1.18. The van der Waals surface area contributed by atoms with Crippen molar-refractivity contribution in [2.45, 2.75) is 0 Å². The van der Waals surface area contributed by atoms with E-state index < -0.39 is 0 Å². The van der Waals surface area contributed by atoms with E-state index in [0.717, 1.165) is 0 Å². The van der Waals surface area contributed by atoms with Crippen LogP contribution in [0.2, 0.25) is 0 Å². The molecule has 1 aromatic carbocycles. The molecule has 0 saturated carbocycles. The highest BCUT2D eigenvalue weighted by Gasteiger charge is 2.07. The highest BCUT2D eigenvalue weighted by Crippen LogP contribution is 2.32. The molecule has 0 unspecified atom stereocenters. The van der Waals surface area contributed by atoms with Crippen LogP contribution in [0.4, 0.5) is 11.4 Å². The predicted octanol–water partition coefficient (Wildman–Crippen LogP) is 3.98. The van der Waals surface area contributed by atoms with Crippen molar-refractivity contribution in [1.82, 2.24) is 0 Å². The molecule has 1 aliphatic rings. The smallest absolute Gasteiger partial charge is 0.0567 e. The number of rotatable bonds is 0. The summed E-state index contributed by atoms with van der Waals surface area (Å²) in [5, 5.41) is 5.54. The summed E-state index contributed by atoms with van der Waals surface area (Å²) in [5.41, 5.74) is 3.63. The summed E-state index contributed by atoms with van der Waals surface area (Å²) >= 11 is 1.76. The van der Waals surface area contributed by atoms with Gasteiger partial charge in [-0.15, -0.1) is 11.3 Å². The van der Waals surface area contributed by atoms with Gasteiger partial charge in [-0.2, -0.15) is 0 Å². The lowest BCUT2D eigenvalue weighted by atomic mass is 10.2. The van der Waals surface area contributed by atoms with Crippen molar-refractivity contribution < 1.29 is 0 Å². The molecule has 0 amide bonds. The number of hydrogen-bond acceptors (Lipinski definition) is 2. The van der Waals surface area contributed by atoms with Gasteiger partial charge in [0, 0.05) is 5.69 Å². The van der Waals surface area contributed by atoms with E-state index in [9.17, 15) is 0 Å². The quantitative estimate of drug-likeness (QED) is 0.577. The molecule has 1 nitrogen and oxygen atoms in total. The first kappa shape index (κ1) is 7.83. The lowest BCUT2D eigenvalue weighted by Gasteiger charge is -2.05. The summed E-state index contributed by atoms with van der Waals surface area (Å²) in [6.45, 7) is 0. The Morgan fingerprint density at radius 1 is 0.929 bits per heavy atom. The Bertz CT molecular complexity index is 497. The minimum absolute atomic E-state index is 1.18. The zero-order valence-electron chi connectivity index (χ0n) is 7.53. The van der Waals surface area contributed by atoms with E-state index in [0.29, 0.717) is 0 Å². The fourth-order valence-corrected chi connectivity index (χ4v) is 2.36. The SMILES string of the molecule is C1=Cc2sccc2Nc2ccccc21. The van der Waals surface area contributed by atoms with Gasteiger partial charge in [0.2, 0.25) is 0 Å². The van der Waals surface area contributed by atoms with Crippen molar-refractivity contribution >= 4 is 34.9 Å². The second kappa shape index (κ2) is 3.00. The molecule has 2 heterocycles. The average molecular weight is 199 g/mol. The molecule has 0 fully saturated rings. The Hall–Kier alpha value is -1.54. The zero-order valence-corrected chi connectivity index (χ0v) is 8.34.